The number of amides is 3. The molecule has 0 aromatic heterocycles. The zero-order valence-corrected chi connectivity index (χ0v) is 46.3. The Bertz CT molecular complexity index is 2710. The lowest BCUT2D eigenvalue weighted by Crippen LogP contribution is -2.09. The number of aryl methyl sites for hydroxylation is 3. The minimum absolute atomic E-state index is 0.0257. The number of hydrogen-bond acceptors (Lipinski definition) is 8. The minimum atomic E-state index is -0.870. The maximum absolute atomic E-state index is 11.1. The molecule has 0 bridgehead atoms. The van der Waals surface area contributed by atoms with Crippen molar-refractivity contribution in [2.45, 2.75) is 113 Å². The van der Waals surface area contributed by atoms with Crippen molar-refractivity contribution in [1.82, 2.24) is 0 Å². The highest BCUT2D eigenvalue weighted by molar-refractivity contribution is 7.80. The molecule has 0 saturated heterocycles. The summed E-state index contributed by atoms with van der Waals surface area (Å²) in [6.45, 7) is 17.1. The van der Waals surface area contributed by atoms with Gasteiger partial charge in [0.15, 0.2) is 0 Å². The molecule has 0 heterocycles. The first kappa shape index (κ1) is 66.5. The highest BCUT2D eigenvalue weighted by Gasteiger charge is 2.05. The number of thiocarbonyl (C=S) groups is 1. The lowest BCUT2D eigenvalue weighted by molar-refractivity contribution is -0.136. The molecule has 0 fully saturated rings. The Balaban J connectivity index is 0.000000464. The molecular formula is C61H74N4O11S. The van der Waals surface area contributed by atoms with Gasteiger partial charge in [0, 0.05) is 43.0 Å². The first-order chi connectivity index (χ1) is 36.5. The Morgan fingerprint density at radius 1 is 0.455 bits per heavy atom. The van der Waals surface area contributed by atoms with Crippen LogP contribution in [0.4, 0.5) is 22.7 Å². The number of benzene rings is 6. The summed E-state index contributed by atoms with van der Waals surface area (Å²) < 4.78 is 0. The average molecular weight is 1070 g/mol. The Hall–Kier alpha value is -8.50. The molecule has 6 rings (SSSR count). The summed E-state index contributed by atoms with van der Waals surface area (Å²) in [6.07, 6.45) is 5.36. The third kappa shape index (κ3) is 29.8. The van der Waals surface area contributed by atoms with Gasteiger partial charge in [-0.1, -0.05) is 128 Å². The predicted molar refractivity (Wildman–Crippen MR) is 312 cm³/mol. The Labute approximate surface area is 458 Å². The number of aromatic carboxylic acids is 3. The van der Waals surface area contributed by atoms with Gasteiger partial charge < -0.3 is 41.7 Å². The van der Waals surface area contributed by atoms with Crippen LogP contribution in [0.3, 0.4) is 0 Å². The van der Waals surface area contributed by atoms with Crippen molar-refractivity contribution in [1.29, 1.82) is 0 Å². The van der Waals surface area contributed by atoms with E-state index in [1.165, 1.54) is 30.5 Å². The van der Waals surface area contributed by atoms with Gasteiger partial charge in [-0.15, -0.1) is 0 Å². The van der Waals surface area contributed by atoms with Crippen LogP contribution in [-0.2, 0) is 44.9 Å². The smallest absolute Gasteiger partial charge is 0.335 e. The molecule has 0 atom stereocenters. The number of anilines is 4. The number of nitrogens with one attached hydrogen (secondary N) is 4. The quantitative estimate of drug-likeness (QED) is 0.0421. The van der Waals surface area contributed by atoms with Gasteiger partial charge in [0.05, 0.1) is 28.1 Å². The van der Waals surface area contributed by atoms with Gasteiger partial charge in [-0.25, -0.2) is 14.4 Å². The van der Waals surface area contributed by atoms with Gasteiger partial charge in [-0.05, 0) is 144 Å². The van der Waals surface area contributed by atoms with E-state index in [0.29, 0.717) is 29.0 Å². The van der Waals surface area contributed by atoms with E-state index in [9.17, 15) is 33.6 Å². The second-order valence-corrected chi connectivity index (χ2v) is 17.7. The van der Waals surface area contributed by atoms with Gasteiger partial charge >= 0.3 is 23.9 Å². The second kappa shape index (κ2) is 37.3. The van der Waals surface area contributed by atoms with E-state index in [4.69, 9.17) is 32.6 Å². The van der Waals surface area contributed by atoms with Crippen LogP contribution in [0.1, 0.15) is 146 Å². The van der Waals surface area contributed by atoms with Crippen LogP contribution < -0.4 is 21.3 Å². The fraction of sp³-hybridized carbons (Fsp3) is 0.279. The highest BCUT2D eigenvalue weighted by Crippen LogP contribution is 2.17. The molecule has 16 heteroatoms. The molecule has 6 aromatic rings. The first-order valence-electron chi connectivity index (χ1n) is 25.2. The molecule has 0 aliphatic carbocycles. The average Bonchev–Trinajstić information content (AvgIpc) is 3.40. The van der Waals surface area contributed by atoms with Crippen LogP contribution >= 0.6 is 12.2 Å². The summed E-state index contributed by atoms with van der Waals surface area (Å²) >= 11 is 5.06. The van der Waals surface area contributed by atoms with Crippen LogP contribution in [0.2, 0.25) is 0 Å². The van der Waals surface area contributed by atoms with Crippen molar-refractivity contribution in [2.24, 2.45) is 0 Å². The first-order valence-corrected chi connectivity index (χ1v) is 25.6. The molecule has 0 radical (unpaired) electrons. The van der Waals surface area contributed by atoms with E-state index in [0.717, 1.165) is 71.0 Å². The summed E-state index contributed by atoms with van der Waals surface area (Å²) in [5.74, 6) is -3.13. The van der Waals surface area contributed by atoms with Crippen molar-refractivity contribution in [3.63, 3.8) is 0 Å². The number of aliphatic carboxylic acids is 1. The fourth-order valence-electron chi connectivity index (χ4n) is 6.28. The van der Waals surface area contributed by atoms with Crippen LogP contribution in [0.15, 0.2) is 146 Å². The van der Waals surface area contributed by atoms with Crippen molar-refractivity contribution >= 4 is 81.6 Å². The zero-order chi connectivity index (χ0) is 57.9. The normalized spacial score (nSPS) is 9.69. The fourth-order valence-corrected chi connectivity index (χ4v) is 6.40. The maximum atomic E-state index is 11.1. The van der Waals surface area contributed by atoms with Crippen molar-refractivity contribution < 1.29 is 54.0 Å². The summed E-state index contributed by atoms with van der Waals surface area (Å²) in [5.41, 5.74) is 9.77. The van der Waals surface area contributed by atoms with Crippen LogP contribution in [-0.4, -0.2) is 67.0 Å². The molecule has 0 saturated carbocycles. The molecule has 15 nitrogen and oxygen atoms in total. The molecule has 410 valence electrons. The van der Waals surface area contributed by atoms with Crippen molar-refractivity contribution in [2.75, 3.05) is 21.3 Å². The molecule has 8 N–H and O–H groups in total. The Morgan fingerprint density at radius 2 is 0.857 bits per heavy atom. The lowest BCUT2D eigenvalue weighted by Gasteiger charge is -2.07. The zero-order valence-electron chi connectivity index (χ0n) is 45.4. The summed E-state index contributed by atoms with van der Waals surface area (Å²) in [6, 6.07) is 43.1. The topological polar surface area (TPSA) is 249 Å². The van der Waals surface area contributed by atoms with Crippen LogP contribution in [0, 0.1) is 0 Å². The van der Waals surface area contributed by atoms with Crippen LogP contribution in [0.5, 0.6) is 0 Å². The lowest BCUT2D eigenvalue weighted by atomic mass is 10.0. The maximum Gasteiger partial charge on any atom is 0.335 e. The minimum Gasteiger partial charge on any atom is -0.481 e. The summed E-state index contributed by atoms with van der Waals surface area (Å²) in [4.78, 5) is 75.1. The van der Waals surface area contributed by atoms with E-state index < -0.39 is 23.9 Å². The Morgan fingerprint density at radius 3 is 1.22 bits per heavy atom. The van der Waals surface area contributed by atoms with Gasteiger partial charge in [0.2, 0.25) is 17.7 Å². The summed E-state index contributed by atoms with van der Waals surface area (Å²) in [5, 5.41) is 45.5. The third-order valence-corrected chi connectivity index (χ3v) is 10.9. The number of hydrogen-bond donors (Lipinski definition) is 8. The monoisotopic (exact) mass is 1070 g/mol. The van der Waals surface area contributed by atoms with E-state index >= 15 is 0 Å². The number of carboxylic acids is 4. The van der Waals surface area contributed by atoms with Gasteiger partial charge in [0.1, 0.15) is 0 Å². The van der Waals surface area contributed by atoms with E-state index in [-0.39, 0.29) is 24.1 Å². The molecular weight excluding hydrogens is 997 g/mol. The number of rotatable bonds is 16. The molecule has 0 unspecified atom stereocenters. The van der Waals surface area contributed by atoms with E-state index in [2.05, 4.69) is 49.0 Å². The number of carboxylic acid groups (broad SMARTS) is 4. The Kier molecular flexibility index (Phi) is 32.2. The third-order valence-electron chi connectivity index (χ3n) is 10.6. The molecule has 0 aliphatic rings. The van der Waals surface area contributed by atoms with Crippen molar-refractivity contribution in [3.8, 4) is 0 Å². The van der Waals surface area contributed by atoms with Gasteiger partial charge in [-0.2, -0.15) is 0 Å². The molecule has 6 aromatic carbocycles. The highest BCUT2D eigenvalue weighted by atomic mass is 32.1. The predicted octanol–water partition coefficient (Wildman–Crippen LogP) is 13.5. The molecule has 0 spiro atoms. The van der Waals surface area contributed by atoms with Gasteiger partial charge in [0.25, 0.3) is 0 Å². The molecule has 77 heavy (non-hydrogen) atoms. The number of carbonyl (C=O) groups excluding carboxylic acids is 3. The van der Waals surface area contributed by atoms with Crippen molar-refractivity contribution in [3.05, 3.63) is 190 Å². The summed E-state index contributed by atoms with van der Waals surface area (Å²) in [7, 11) is 0. The number of carbonyl (C=O) groups is 7. The van der Waals surface area contributed by atoms with E-state index in [1.54, 1.807) is 73.7 Å². The van der Waals surface area contributed by atoms with Crippen LogP contribution in [0.25, 0.3) is 0 Å². The standard InChI is InChI=1S/C11H14N2O2.C11H14N2OS.3C10H12O2.C9H10O2/c2*1-3-11(15)13-10-6-4-9(5-7-10)12-8(2)14;1-7(2)8-3-5-9(6-4-8)10(11)12;1-2-8-3-5-9(6-4-8)7-10(11)12;1-2-3-8-4-6-9(7-5-8)10(11)12;1-2-7-4-3-5-8(6-7)9(10)11/h2*4-7H,3H2,1-2H3,(H,12,14)(H,13,15);3-7H,1-2H3,(H,11,12);3-6H,2,7H2,1H3,(H,11,12);4-7H,2-3H2,1H3,(H,11,12);3-6H,2H2,1H3,(H,10,11). The largest absolute Gasteiger partial charge is 0.481 e. The SMILES string of the molecule is CC(C)c1ccc(C(=O)O)cc1.CCC(=O)Nc1ccc(NC(C)=O)cc1.CCC(=S)Nc1ccc(NC(C)=O)cc1.CCCc1ccc(C(=O)O)cc1.CCc1ccc(CC(=O)O)cc1.CCc1cccc(C(=O)O)c1. The van der Waals surface area contributed by atoms with Gasteiger partial charge in [-0.3, -0.25) is 19.2 Å². The molecule has 0 aliphatic heterocycles. The van der Waals surface area contributed by atoms with E-state index in [1.807, 2.05) is 92.7 Å². The second-order valence-electron chi connectivity index (χ2n) is 17.3. The molecule has 3 amide bonds.